The number of carbonyl (C=O) groups is 1. The summed E-state index contributed by atoms with van der Waals surface area (Å²) in [5.74, 6) is -0.162. The van der Waals surface area contributed by atoms with Crippen LogP contribution in [0.3, 0.4) is 0 Å². The summed E-state index contributed by atoms with van der Waals surface area (Å²) in [5, 5.41) is 2.57. The predicted octanol–water partition coefficient (Wildman–Crippen LogP) is 3.30. The molecule has 1 fully saturated rings. The molecule has 1 aromatic carbocycles. The number of carbonyl (C=O) groups excluding carboxylic acids is 1. The average Bonchev–Trinajstić information content (AvgIpc) is 3.28. The van der Waals surface area contributed by atoms with Crippen molar-refractivity contribution in [3.05, 3.63) is 65.4 Å². The smallest absolute Gasteiger partial charge is 0.340 e. The lowest BCUT2D eigenvalue weighted by Gasteiger charge is -2.34. The Bertz CT molecular complexity index is 1220. The van der Waals surface area contributed by atoms with Crippen molar-refractivity contribution in [1.82, 2.24) is 19.2 Å². The van der Waals surface area contributed by atoms with E-state index < -0.39 is 21.8 Å². The van der Waals surface area contributed by atoms with Crippen LogP contribution >= 0.6 is 11.3 Å². The van der Waals surface area contributed by atoms with Gasteiger partial charge in [0.2, 0.25) is 15.9 Å². The van der Waals surface area contributed by atoms with Gasteiger partial charge < -0.3 is 4.90 Å². The first-order valence-corrected chi connectivity index (χ1v) is 12.3. The largest absolute Gasteiger partial charge is 0.416 e. The minimum Gasteiger partial charge on any atom is -0.340 e. The number of amides is 1. The Hall–Kier alpha value is -2.83. The number of sulfonamides is 1. The van der Waals surface area contributed by atoms with Gasteiger partial charge in [0.15, 0.2) is 0 Å². The summed E-state index contributed by atoms with van der Waals surface area (Å²) in [4.78, 5) is 22.6. The maximum absolute atomic E-state index is 12.8. The summed E-state index contributed by atoms with van der Waals surface area (Å²) >= 11 is 1.42. The summed E-state index contributed by atoms with van der Waals surface area (Å²) in [5.41, 5.74) is 0.581. The van der Waals surface area contributed by atoms with Crippen molar-refractivity contribution in [1.29, 1.82) is 0 Å². The van der Waals surface area contributed by atoms with E-state index in [9.17, 15) is 26.4 Å². The van der Waals surface area contributed by atoms with Gasteiger partial charge in [-0.2, -0.15) is 17.5 Å². The molecule has 1 aliphatic rings. The first-order valence-electron chi connectivity index (χ1n) is 9.94. The fraction of sp³-hybridized carbons (Fsp3) is 0.286. The molecule has 0 atom stereocenters. The molecule has 0 saturated carbocycles. The van der Waals surface area contributed by atoms with Gasteiger partial charge in [0.25, 0.3) is 0 Å². The van der Waals surface area contributed by atoms with Gasteiger partial charge in [0.05, 0.1) is 22.6 Å². The van der Waals surface area contributed by atoms with Crippen LogP contribution < -0.4 is 0 Å². The minimum absolute atomic E-state index is 0.0626. The first kappa shape index (κ1) is 23.3. The number of hydrogen-bond donors (Lipinski definition) is 0. The van der Waals surface area contributed by atoms with Gasteiger partial charge in [0.1, 0.15) is 5.01 Å². The molecule has 0 N–H and O–H groups in total. The van der Waals surface area contributed by atoms with Crippen molar-refractivity contribution in [2.24, 2.45) is 0 Å². The van der Waals surface area contributed by atoms with Crippen LogP contribution in [0, 0.1) is 0 Å². The zero-order valence-corrected chi connectivity index (χ0v) is 18.8. The van der Waals surface area contributed by atoms with Gasteiger partial charge in [-0.25, -0.2) is 13.4 Å². The third-order valence-corrected chi connectivity index (χ3v) is 8.06. The van der Waals surface area contributed by atoms with Crippen molar-refractivity contribution in [3.8, 4) is 10.6 Å². The number of pyridine rings is 1. The number of hydrogen-bond acceptors (Lipinski definition) is 6. The number of benzene rings is 1. The van der Waals surface area contributed by atoms with E-state index in [2.05, 4.69) is 9.97 Å². The van der Waals surface area contributed by atoms with Crippen LogP contribution in [0.1, 0.15) is 11.3 Å². The molecule has 0 aliphatic carbocycles. The maximum atomic E-state index is 12.8. The van der Waals surface area contributed by atoms with Gasteiger partial charge in [-0.3, -0.25) is 9.78 Å². The molecule has 174 valence electrons. The third-order valence-electron chi connectivity index (χ3n) is 5.20. The number of thiazole rings is 1. The Morgan fingerprint density at radius 2 is 1.76 bits per heavy atom. The van der Waals surface area contributed by atoms with E-state index >= 15 is 0 Å². The zero-order chi connectivity index (χ0) is 23.6. The van der Waals surface area contributed by atoms with Crippen molar-refractivity contribution in [2.45, 2.75) is 17.5 Å². The quantitative estimate of drug-likeness (QED) is 0.541. The number of halogens is 3. The molecule has 3 aromatic rings. The summed E-state index contributed by atoms with van der Waals surface area (Å²) in [6, 6.07) is 7.10. The molecule has 33 heavy (non-hydrogen) atoms. The Labute approximate surface area is 192 Å². The second-order valence-electron chi connectivity index (χ2n) is 7.37. The molecule has 4 rings (SSSR count). The molecular formula is C21H19F3N4O3S2. The van der Waals surface area contributed by atoms with Crippen LogP contribution in [0.2, 0.25) is 0 Å². The lowest BCUT2D eigenvalue weighted by molar-refractivity contribution is -0.137. The van der Waals surface area contributed by atoms with E-state index in [1.807, 2.05) is 11.4 Å². The van der Waals surface area contributed by atoms with E-state index in [4.69, 9.17) is 0 Å². The van der Waals surface area contributed by atoms with Crippen molar-refractivity contribution in [3.63, 3.8) is 0 Å². The molecule has 1 amide bonds. The van der Waals surface area contributed by atoms with Crippen molar-refractivity contribution >= 4 is 27.3 Å². The van der Waals surface area contributed by atoms with Crippen LogP contribution in [0.4, 0.5) is 13.2 Å². The molecular weight excluding hydrogens is 477 g/mol. The lowest BCUT2D eigenvalue weighted by atomic mass is 10.2. The molecule has 1 aliphatic heterocycles. The summed E-state index contributed by atoms with van der Waals surface area (Å²) in [6.45, 7) is 0.511. The van der Waals surface area contributed by atoms with Crippen LogP contribution in [0.5, 0.6) is 0 Å². The minimum atomic E-state index is -4.54. The normalized spacial score (nSPS) is 15.5. The van der Waals surface area contributed by atoms with Gasteiger partial charge in [-0.05, 0) is 36.4 Å². The van der Waals surface area contributed by atoms with Gasteiger partial charge in [-0.1, -0.05) is 0 Å². The van der Waals surface area contributed by atoms with Crippen LogP contribution in [-0.4, -0.2) is 59.7 Å². The molecule has 7 nitrogen and oxygen atoms in total. The standard InChI is InChI=1S/C21H19F3N4O3S2/c22-21(23,24)16-3-5-18(6-4-16)33(30,31)28-10-8-27(9-11-28)19(29)12-17-14-32-20(26-17)15-2-1-7-25-13-15/h1-7,13-14H,8-12H2. The third kappa shape index (κ3) is 5.23. The Morgan fingerprint density at radius 1 is 1.06 bits per heavy atom. The highest BCUT2D eigenvalue weighted by molar-refractivity contribution is 7.89. The fourth-order valence-electron chi connectivity index (χ4n) is 3.42. The van der Waals surface area contributed by atoms with Crippen molar-refractivity contribution in [2.75, 3.05) is 26.2 Å². The van der Waals surface area contributed by atoms with Crippen LogP contribution in [-0.2, 0) is 27.4 Å². The number of piperazine rings is 1. The zero-order valence-electron chi connectivity index (χ0n) is 17.2. The number of nitrogens with zero attached hydrogens (tertiary/aromatic N) is 4. The summed E-state index contributed by atoms with van der Waals surface area (Å²) < 4.78 is 64.9. The fourth-order valence-corrected chi connectivity index (χ4v) is 5.65. The van der Waals surface area contributed by atoms with Crippen LogP contribution in [0.15, 0.2) is 59.1 Å². The molecule has 0 radical (unpaired) electrons. The van der Waals surface area contributed by atoms with Gasteiger partial charge in [0, 0.05) is 49.5 Å². The average molecular weight is 497 g/mol. The Morgan fingerprint density at radius 3 is 2.36 bits per heavy atom. The van der Waals surface area contributed by atoms with E-state index in [-0.39, 0.29) is 43.4 Å². The predicted molar refractivity (Wildman–Crippen MR) is 116 cm³/mol. The second kappa shape index (κ2) is 9.20. The first-order chi connectivity index (χ1) is 15.6. The highest BCUT2D eigenvalue weighted by Gasteiger charge is 2.33. The van der Waals surface area contributed by atoms with E-state index in [1.54, 1.807) is 23.4 Å². The molecule has 3 heterocycles. The maximum Gasteiger partial charge on any atom is 0.416 e. The monoisotopic (exact) mass is 496 g/mol. The Balaban J connectivity index is 1.35. The van der Waals surface area contributed by atoms with E-state index in [0.29, 0.717) is 5.69 Å². The molecule has 2 aromatic heterocycles. The van der Waals surface area contributed by atoms with Gasteiger partial charge in [-0.15, -0.1) is 11.3 Å². The lowest BCUT2D eigenvalue weighted by Crippen LogP contribution is -2.50. The van der Waals surface area contributed by atoms with Crippen LogP contribution in [0.25, 0.3) is 10.6 Å². The van der Waals surface area contributed by atoms with Crippen molar-refractivity contribution < 1.29 is 26.4 Å². The molecule has 0 spiro atoms. The van der Waals surface area contributed by atoms with E-state index in [0.717, 1.165) is 34.8 Å². The number of aromatic nitrogens is 2. The molecule has 12 heteroatoms. The number of alkyl halides is 3. The Kier molecular flexibility index (Phi) is 6.50. The molecule has 0 unspecified atom stereocenters. The summed E-state index contributed by atoms with van der Waals surface area (Å²) in [6.07, 6.45) is -1.08. The molecule has 1 saturated heterocycles. The van der Waals surface area contributed by atoms with Gasteiger partial charge >= 0.3 is 6.18 Å². The SMILES string of the molecule is O=C(Cc1csc(-c2cccnc2)n1)N1CCN(S(=O)(=O)c2ccc(C(F)(F)F)cc2)CC1. The topological polar surface area (TPSA) is 83.5 Å². The number of rotatable bonds is 5. The highest BCUT2D eigenvalue weighted by atomic mass is 32.2. The molecule has 0 bridgehead atoms. The second-order valence-corrected chi connectivity index (χ2v) is 10.2. The van der Waals surface area contributed by atoms with E-state index in [1.165, 1.54) is 15.6 Å². The highest BCUT2D eigenvalue weighted by Crippen LogP contribution is 2.30. The summed E-state index contributed by atoms with van der Waals surface area (Å²) in [7, 11) is -3.95.